The summed E-state index contributed by atoms with van der Waals surface area (Å²) < 4.78 is 5.25. The Hall–Kier alpha value is -3.55. The predicted octanol–water partition coefficient (Wildman–Crippen LogP) is 2.50. The number of nitrogens with one attached hydrogen (secondary N) is 2. The molecular weight excluding hydrogens is 320 g/mol. The lowest BCUT2D eigenvalue weighted by Gasteiger charge is -2.08. The van der Waals surface area contributed by atoms with Crippen molar-refractivity contribution in [1.82, 2.24) is 30.6 Å². The number of para-hydroxylation sites is 1. The number of amides is 1. The number of aromatic amines is 1. The van der Waals surface area contributed by atoms with E-state index in [-0.39, 0.29) is 5.91 Å². The van der Waals surface area contributed by atoms with Gasteiger partial charge in [0.25, 0.3) is 5.91 Å². The molecule has 0 aliphatic heterocycles. The van der Waals surface area contributed by atoms with Crippen LogP contribution in [-0.2, 0) is 0 Å². The first-order valence-electron chi connectivity index (χ1n) is 7.70. The third-order valence-corrected chi connectivity index (χ3v) is 3.76. The summed E-state index contributed by atoms with van der Waals surface area (Å²) in [7, 11) is 0. The Labute approximate surface area is 142 Å². The van der Waals surface area contributed by atoms with E-state index in [2.05, 4.69) is 30.6 Å². The monoisotopic (exact) mass is 334 g/mol. The van der Waals surface area contributed by atoms with Gasteiger partial charge < -0.3 is 9.84 Å². The van der Waals surface area contributed by atoms with E-state index >= 15 is 0 Å². The Morgan fingerprint density at radius 3 is 2.96 bits per heavy atom. The summed E-state index contributed by atoms with van der Waals surface area (Å²) in [5.74, 6) is 0.424. The SMILES string of the molecule is C[C@@H](NC(=O)c1n[nH]c2ccccc12)c1nc(-c2cccnc2)no1. The highest BCUT2D eigenvalue weighted by Gasteiger charge is 2.20. The van der Waals surface area contributed by atoms with Gasteiger partial charge in [-0.25, -0.2) is 0 Å². The molecule has 0 aliphatic rings. The van der Waals surface area contributed by atoms with E-state index < -0.39 is 6.04 Å². The zero-order valence-corrected chi connectivity index (χ0v) is 13.3. The molecule has 8 heteroatoms. The summed E-state index contributed by atoms with van der Waals surface area (Å²) in [6, 6.07) is 10.6. The third kappa shape index (κ3) is 2.85. The molecule has 0 spiro atoms. The van der Waals surface area contributed by atoms with Gasteiger partial charge in [0.1, 0.15) is 6.04 Å². The summed E-state index contributed by atoms with van der Waals surface area (Å²) >= 11 is 0. The molecule has 0 saturated carbocycles. The number of hydrogen-bond acceptors (Lipinski definition) is 6. The molecular formula is C17H14N6O2. The van der Waals surface area contributed by atoms with Crippen molar-refractivity contribution in [2.24, 2.45) is 0 Å². The average molecular weight is 334 g/mol. The smallest absolute Gasteiger partial charge is 0.273 e. The lowest BCUT2D eigenvalue weighted by Crippen LogP contribution is -2.27. The molecule has 0 aliphatic carbocycles. The van der Waals surface area contributed by atoms with Crippen molar-refractivity contribution in [1.29, 1.82) is 0 Å². The van der Waals surface area contributed by atoms with Gasteiger partial charge in [0.05, 0.1) is 5.52 Å². The van der Waals surface area contributed by atoms with E-state index in [9.17, 15) is 4.79 Å². The fourth-order valence-corrected chi connectivity index (χ4v) is 2.49. The molecule has 8 nitrogen and oxygen atoms in total. The number of pyridine rings is 1. The quantitative estimate of drug-likeness (QED) is 0.593. The van der Waals surface area contributed by atoms with Gasteiger partial charge in [-0.05, 0) is 25.1 Å². The maximum absolute atomic E-state index is 12.5. The molecule has 4 aromatic rings. The largest absolute Gasteiger partial charge is 0.339 e. The normalized spacial score (nSPS) is 12.2. The average Bonchev–Trinajstić information content (AvgIpc) is 3.30. The highest BCUT2D eigenvalue weighted by Crippen LogP contribution is 2.19. The van der Waals surface area contributed by atoms with Crippen LogP contribution in [0, 0.1) is 0 Å². The zero-order chi connectivity index (χ0) is 17.2. The van der Waals surface area contributed by atoms with Crippen LogP contribution in [0.15, 0.2) is 53.3 Å². The molecule has 0 fully saturated rings. The van der Waals surface area contributed by atoms with Gasteiger partial charge >= 0.3 is 0 Å². The predicted molar refractivity (Wildman–Crippen MR) is 89.5 cm³/mol. The van der Waals surface area contributed by atoms with Gasteiger partial charge in [0.2, 0.25) is 11.7 Å². The topological polar surface area (TPSA) is 110 Å². The van der Waals surface area contributed by atoms with E-state index in [0.29, 0.717) is 17.4 Å². The van der Waals surface area contributed by atoms with E-state index in [0.717, 1.165) is 16.5 Å². The fourth-order valence-electron chi connectivity index (χ4n) is 2.49. The Morgan fingerprint density at radius 1 is 1.24 bits per heavy atom. The number of benzene rings is 1. The maximum atomic E-state index is 12.5. The molecule has 25 heavy (non-hydrogen) atoms. The van der Waals surface area contributed by atoms with Gasteiger partial charge in [-0.15, -0.1) is 0 Å². The first-order valence-corrected chi connectivity index (χ1v) is 7.70. The second-order valence-corrected chi connectivity index (χ2v) is 5.51. The fraction of sp³-hybridized carbons (Fsp3) is 0.118. The number of rotatable bonds is 4. The maximum Gasteiger partial charge on any atom is 0.273 e. The molecule has 0 radical (unpaired) electrons. The molecule has 124 valence electrons. The van der Waals surface area contributed by atoms with Crippen LogP contribution < -0.4 is 5.32 Å². The van der Waals surface area contributed by atoms with Crippen molar-refractivity contribution in [2.45, 2.75) is 13.0 Å². The second kappa shape index (κ2) is 6.16. The lowest BCUT2D eigenvalue weighted by molar-refractivity contribution is 0.0929. The minimum Gasteiger partial charge on any atom is -0.339 e. The minimum absolute atomic E-state index is 0.312. The zero-order valence-electron chi connectivity index (χ0n) is 13.3. The van der Waals surface area contributed by atoms with Crippen LogP contribution in [0.2, 0.25) is 0 Å². The van der Waals surface area contributed by atoms with Crippen molar-refractivity contribution in [3.8, 4) is 11.4 Å². The summed E-state index contributed by atoms with van der Waals surface area (Å²) in [6.07, 6.45) is 3.31. The van der Waals surface area contributed by atoms with Gasteiger partial charge in [0, 0.05) is 23.3 Å². The molecule has 0 bridgehead atoms. The number of hydrogen-bond donors (Lipinski definition) is 2. The van der Waals surface area contributed by atoms with Gasteiger partial charge in [-0.2, -0.15) is 10.1 Å². The van der Waals surface area contributed by atoms with Crippen LogP contribution in [0.5, 0.6) is 0 Å². The number of aromatic nitrogens is 5. The molecule has 3 heterocycles. The van der Waals surface area contributed by atoms with Crippen LogP contribution in [0.1, 0.15) is 29.3 Å². The molecule has 2 N–H and O–H groups in total. The Morgan fingerprint density at radius 2 is 2.12 bits per heavy atom. The molecule has 4 rings (SSSR count). The first-order chi connectivity index (χ1) is 12.2. The highest BCUT2D eigenvalue weighted by atomic mass is 16.5. The number of nitrogens with zero attached hydrogens (tertiary/aromatic N) is 4. The van der Waals surface area contributed by atoms with Gasteiger partial charge in [-0.3, -0.25) is 14.9 Å². The van der Waals surface area contributed by atoms with E-state index in [1.54, 1.807) is 25.4 Å². The standard InChI is InChI=1S/C17H14N6O2/c1-10(17-20-15(23-25-17)11-5-4-8-18-9-11)19-16(24)14-12-6-2-3-7-13(12)21-22-14/h2-10H,1H3,(H,19,24)(H,21,22)/t10-/m1/s1. The van der Waals surface area contributed by atoms with Crippen LogP contribution in [0.4, 0.5) is 0 Å². The molecule has 0 saturated heterocycles. The second-order valence-electron chi connectivity index (χ2n) is 5.51. The molecule has 3 aromatic heterocycles. The number of fused-ring (bicyclic) bond motifs is 1. The summed E-state index contributed by atoms with van der Waals surface area (Å²) in [6.45, 7) is 1.77. The van der Waals surface area contributed by atoms with E-state index in [4.69, 9.17) is 4.52 Å². The highest BCUT2D eigenvalue weighted by molar-refractivity contribution is 6.04. The Bertz CT molecular complexity index is 1020. The van der Waals surface area contributed by atoms with Crippen molar-refractivity contribution in [3.63, 3.8) is 0 Å². The first kappa shape index (κ1) is 15.0. The molecule has 1 aromatic carbocycles. The summed E-state index contributed by atoms with van der Waals surface area (Å²) in [5, 5.41) is 14.4. The minimum atomic E-state index is -0.458. The van der Waals surface area contributed by atoms with Crippen molar-refractivity contribution in [3.05, 3.63) is 60.4 Å². The molecule has 1 amide bonds. The van der Waals surface area contributed by atoms with E-state index in [1.165, 1.54) is 0 Å². The van der Waals surface area contributed by atoms with Crippen molar-refractivity contribution >= 4 is 16.8 Å². The van der Waals surface area contributed by atoms with Gasteiger partial charge in [-0.1, -0.05) is 23.4 Å². The number of carbonyl (C=O) groups excluding carboxylic acids is 1. The summed E-state index contributed by atoms with van der Waals surface area (Å²) in [5.41, 5.74) is 1.88. The van der Waals surface area contributed by atoms with Gasteiger partial charge in [0.15, 0.2) is 5.69 Å². The summed E-state index contributed by atoms with van der Waals surface area (Å²) in [4.78, 5) is 20.8. The van der Waals surface area contributed by atoms with Crippen molar-refractivity contribution < 1.29 is 9.32 Å². The van der Waals surface area contributed by atoms with Crippen molar-refractivity contribution in [2.75, 3.05) is 0 Å². The van der Waals surface area contributed by atoms with E-state index in [1.807, 2.05) is 30.3 Å². The number of H-pyrrole nitrogens is 1. The third-order valence-electron chi connectivity index (χ3n) is 3.76. The Balaban J connectivity index is 1.53. The Kier molecular flexibility index (Phi) is 3.70. The number of carbonyl (C=O) groups is 1. The molecule has 1 atom stereocenters. The van der Waals surface area contributed by atoms with Crippen LogP contribution in [0.3, 0.4) is 0 Å². The van der Waals surface area contributed by atoms with Crippen LogP contribution >= 0.6 is 0 Å². The lowest BCUT2D eigenvalue weighted by atomic mass is 10.2. The molecule has 0 unspecified atom stereocenters. The van der Waals surface area contributed by atoms with Crippen LogP contribution in [0.25, 0.3) is 22.3 Å². The van der Waals surface area contributed by atoms with Crippen LogP contribution in [-0.4, -0.2) is 31.2 Å².